The molecule has 2 N–H and O–H groups in total. The third-order valence-corrected chi connectivity index (χ3v) is 3.50. The Balaban J connectivity index is 1.94. The first-order valence-electron chi connectivity index (χ1n) is 7.13. The van der Waals surface area contributed by atoms with E-state index in [-0.39, 0.29) is 11.9 Å². The van der Waals surface area contributed by atoms with Crippen LogP contribution >= 0.6 is 0 Å². The first kappa shape index (κ1) is 15.7. The maximum atomic E-state index is 12.1. The van der Waals surface area contributed by atoms with Crippen molar-refractivity contribution in [1.29, 1.82) is 5.26 Å². The molecule has 2 atom stereocenters. The quantitative estimate of drug-likeness (QED) is 0.888. The van der Waals surface area contributed by atoms with E-state index in [1.807, 2.05) is 36.4 Å². The lowest BCUT2D eigenvalue weighted by atomic mass is 10.0. The first-order valence-corrected chi connectivity index (χ1v) is 7.13. The zero-order valence-corrected chi connectivity index (χ0v) is 12.4. The molecule has 0 saturated carbocycles. The van der Waals surface area contributed by atoms with Gasteiger partial charge in [-0.3, -0.25) is 4.79 Å². The highest BCUT2D eigenvalue weighted by Crippen LogP contribution is 2.08. The highest BCUT2D eigenvalue weighted by atomic mass is 16.3. The third-order valence-electron chi connectivity index (χ3n) is 3.50. The van der Waals surface area contributed by atoms with Gasteiger partial charge in [0.1, 0.15) is 0 Å². The fraction of sp³-hybridized carbons (Fsp3) is 0.222. The predicted molar refractivity (Wildman–Crippen MR) is 84.2 cm³/mol. The van der Waals surface area contributed by atoms with Gasteiger partial charge in [-0.15, -0.1) is 0 Å². The van der Waals surface area contributed by atoms with E-state index in [1.54, 1.807) is 31.2 Å². The molecule has 4 heteroatoms. The maximum absolute atomic E-state index is 12.1. The lowest BCUT2D eigenvalue weighted by Crippen LogP contribution is -2.42. The summed E-state index contributed by atoms with van der Waals surface area (Å²) in [5.74, 6) is -0.260. The van der Waals surface area contributed by atoms with Crippen LogP contribution in [-0.2, 0) is 6.42 Å². The fourth-order valence-electron chi connectivity index (χ4n) is 2.11. The number of aliphatic hydroxyl groups excluding tert-OH is 1. The van der Waals surface area contributed by atoms with E-state index in [1.165, 1.54) is 0 Å². The van der Waals surface area contributed by atoms with Crippen LogP contribution in [0.4, 0.5) is 0 Å². The van der Waals surface area contributed by atoms with Crippen molar-refractivity contribution in [2.45, 2.75) is 25.5 Å². The summed E-state index contributed by atoms with van der Waals surface area (Å²) in [7, 11) is 0. The molecular weight excluding hydrogens is 276 g/mol. The largest absolute Gasteiger partial charge is 0.391 e. The Morgan fingerprint density at radius 3 is 2.41 bits per heavy atom. The molecule has 0 bridgehead atoms. The Morgan fingerprint density at radius 1 is 1.18 bits per heavy atom. The minimum absolute atomic E-state index is 0.260. The molecule has 4 nitrogen and oxygen atoms in total. The standard InChI is InChI=1S/C18H18N2O2/c1-13(17(21)11-14-5-3-2-4-6-14)20-18(22)16-9-7-15(12-19)8-10-16/h2-10,13,17,21H,11H2,1H3,(H,20,22). The van der Waals surface area contributed by atoms with Gasteiger partial charge in [-0.1, -0.05) is 30.3 Å². The van der Waals surface area contributed by atoms with E-state index < -0.39 is 6.10 Å². The van der Waals surface area contributed by atoms with E-state index in [4.69, 9.17) is 5.26 Å². The summed E-state index contributed by atoms with van der Waals surface area (Å²) < 4.78 is 0. The van der Waals surface area contributed by atoms with Crippen molar-refractivity contribution < 1.29 is 9.90 Å². The monoisotopic (exact) mass is 294 g/mol. The van der Waals surface area contributed by atoms with Crippen LogP contribution in [0.25, 0.3) is 0 Å². The number of hydrogen-bond donors (Lipinski definition) is 2. The normalized spacial score (nSPS) is 13.0. The van der Waals surface area contributed by atoms with Crippen molar-refractivity contribution in [3.8, 4) is 6.07 Å². The Labute approximate surface area is 130 Å². The van der Waals surface area contributed by atoms with E-state index in [9.17, 15) is 9.90 Å². The second-order valence-electron chi connectivity index (χ2n) is 5.21. The Hall–Kier alpha value is -2.64. The number of amides is 1. The SMILES string of the molecule is CC(NC(=O)c1ccc(C#N)cc1)C(O)Cc1ccccc1. The predicted octanol–water partition coefficient (Wildman–Crippen LogP) is 2.28. The van der Waals surface area contributed by atoms with Gasteiger partial charge in [0.2, 0.25) is 0 Å². The van der Waals surface area contributed by atoms with E-state index in [0.717, 1.165) is 5.56 Å². The number of carbonyl (C=O) groups excluding carboxylic acids is 1. The summed E-state index contributed by atoms with van der Waals surface area (Å²) in [5, 5.41) is 21.7. The van der Waals surface area contributed by atoms with Crippen LogP contribution in [0.5, 0.6) is 0 Å². The molecule has 0 heterocycles. The van der Waals surface area contributed by atoms with Crippen molar-refractivity contribution >= 4 is 5.91 Å². The van der Waals surface area contributed by atoms with E-state index in [0.29, 0.717) is 17.5 Å². The summed E-state index contributed by atoms with van der Waals surface area (Å²) in [4.78, 5) is 12.1. The molecule has 2 aromatic rings. The molecule has 0 aliphatic carbocycles. The molecule has 0 aliphatic heterocycles. The van der Waals surface area contributed by atoms with Crippen molar-refractivity contribution in [3.05, 3.63) is 71.3 Å². The van der Waals surface area contributed by atoms with Gasteiger partial charge >= 0.3 is 0 Å². The highest BCUT2D eigenvalue weighted by molar-refractivity contribution is 5.94. The topological polar surface area (TPSA) is 73.1 Å². The molecule has 0 aliphatic rings. The minimum Gasteiger partial charge on any atom is -0.391 e. The van der Waals surface area contributed by atoms with Gasteiger partial charge in [-0.05, 0) is 36.8 Å². The molecule has 2 aromatic carbocycles. The van der Waals surface area contributed by atoms with Crippen molar-refractivity contribution in [2.24, 2.45) is 0 Å². The number of nitrogens with one attached hydrogen (secondary N) is 1. The second kappa shape index (κ2) is 7.39. The minimum atomic E-state index is -0.662. The van der Waals surface area contributed by atoms with Crippen LogP contribution < -0.4 is 5.32 Å². The number of aliphatic hydroxyl groups is 1. The number of hydrogen-bond acceptors (Lipinski definition) is 3. The molecule has 0 fully saturated rings. The molecule has 112 valence electrons. The van der Waals surface area contributed by atoms with Gasteiger partial charge in [0.05, 0.1) is 23.8 Å². The lowest BCUT2D eigenvalue weighted by molar-refractivity contribution is 0.0852. The Kier molecular flexibility index (Phi) is 5.29. The lowest BCUT2D eigenvalue weighted by Gasteiger charge is -2.20. The molecule has 2 unspecified atom stereocenters. The molecule has 1 amide bonds. The number of nitrogens with zero attached hydrogens (tertiary/aromatic N) is 1. The van der Waals surface area contributed by atoms with Crippen molar-refractivity contribution in [3.63, 3.8) is 0 Å². The highest BCUT2D eigenvalue weighted by Gasteiger charge is 2.17. The van der Waals surface area contributed by atoms with Crippen LogP contribution in [0.1, 0.15) is 28.4 Å². The average Bonchev–Trinajstić information content (AvgIpc) is 2.55. The summed E-state index contributed by atoms with van der Waals surface area (Å²) in [6, 6.07) is 17.7. The summed E-state index contributed by atoms with van der Waals surface area (Å²) in [5.41, 5.74) is 2.00. The van der Waals surface area contributed by atoms with E-state index >= 15 is 0 Å². The fourth-order valence-corrected chi connectivity index (χ4v) is 2.11. The van der Waals surface area contributed by atoms with Gasteiger partial charge in [-0.25, -0.2) is 0 Å². The van der Waals surface area contributed by atoms with Gasteiger partial charge < -0.3 is 10.4 Å². The smallest absolute Gasteiger partial charge is 0.251 e. The van der Waals surface area contributed by atoms with Gasteiger partial charge in [0.15, 0.2) is 0 Å². The average molecular weight is 294 g/mol. The third kappa shape index (κ3) is 4.18. The summed E-state index contributed by atoms with van der Waals surface area (Å²) >= 11 is 0. The van der Waals surface area contributed by atoms with Crippen molar-refractivity contribution in [1.82, 2.24) is 5.32 Å². The van der Waals surface area contributed by atoms with Crippen LogP contribution in [0.15, 0.2) is 54.6 Å². The number of benzene rings is 2. The molecule has 2 rings (SSSR count). The number of rotatable bonds is 5. The zero-order valence-electron chi connectivity index (χ0n) is 12.4. The molecule has 22 heavy (non-hydrogen) atoms. The maximum Gasteiger partial charge on any atom is 0.251 e. The number of carbonyl (C=O) groups is 1. The second-order valence-corrected chi connectivity index (χ2v) is 5.21. The molecule has 0 spiro atoms. The molecule has 0 aromatic heterocycles. The molecular formula is C18H18N2O2. The van der Waals surface area contributed by atoms with Gasteiger partial charge in [-0.2, -0.15) is 5.26 Å². The van der Waals surface area contributed by atoms with Crippen molar-refractivity contribution in [2.75, 3.05) is 0 Å². The molecule has 0 saturated heterocycles. The Bertz CT molecular complexity index is 660. The molecule has 0 radical (unpaired) electrons. The first-order chi connectivity index (χ1) is 10.6. The van der Waals surface area contributed by atoms with E-state index in [2.05, 4.69) is 5.32 Å². The van der Waals surface area contributed by atoms with Crippen LogP contribution in [0.2, 0.25) is 0 Å². The number of nitriles is 1. The summed E-state index contributed by atoms with van der Waals surface area (Å²) in [6.07, 6.45) is -0.180. The van der Waals surface area contributed by atoms with Gasteiger partial charge in [0, 0.05) is 12.0 Å². The van der Waals surface area contributed by atoms with Crippen LogP contribution in [-0.4, -0.2) is 23.2 Å². The zero-order chi connectivity index (χ0) is 15.9. The van der Waals surface area contributed by atoms with Gasteiger partial charge in [0.25, 0.3) is 5.91 Å². The van der Waals surface area contributed by atoms with Crippen LogP contribution in [0.3, 0.4) is 0 Å². The summed E-state index contributed by atoms with van der Waals surface area (Å²) in [6.45, 7) is 1.77. The van der Waals surface area contributed by atoms with Crippen LogP contribution in [0, 0.1) is 11.3 Å². The Morgan fingerprint density at radius 2 is 1.82 bits per heavy atom.